The number of thioether (sulfide) groups is 1. The molecule has 0 radical (unpaired) electrons. The van der Waals surface area contributed by atoms with E-state index in [1.54, 1.807) is 6.20 Å². The molecular weight excluding hydrogens is 387 g/mol. The lowest BCUT2D eigenvalue weighted by atomic mass is 10.2. The van der Waals surface area contributed by atoms with Gasteiger partial charge in [-0.2, -0.15) is 11.8 Å². The summed E-state index contributed by atoms with van der Waals surface area (Å²) in [4.78, 5) is 4.12. The molecule has 0 aliphatic carbocycles. The van der Waals surface area contributed by atoms with Gasteiger partial charge in [-0.05, 0) is 29.9 Å². The van der Waals surface area contributed by atoms with Gasteiger partial charge < -0.3 is 9.30 Å². The van der Waals surface area contributed by atoms with E-state index in [1.165, 1.54) is 37.9 Å². The second kappa shape index (κ2) is 12.7. The van der Waals surface area contributed by atoms with Crippen LogP contribution in [0.4, 0.5) is 0 Å². The van der Waals surface area contributed by atoms with Crippen molar-refractivity contribution in [2.45, 2.75) is 58.3 Å². The highest BCUT2D eigenvalue weighted by molar-refractivity contribution is 7.99. The minimum Gasteiger partial charge on any atom is -0.371 e. The van der Waals surface area contributed by atoms with Crippen molar-refractivity contribution in [3.63, 3.8) is 0 Å². The van der Waals surface area contributed by atoms with Gasteiger partial charge in [-0.15, -0.1) is 0 Å². The number of hydrogen-bond donors (Lipinski definition) is 0. The Morgan fingerprint density at radius 3 is 2.73 bits per heavy atom. The topological polar surface area (TPSA) is 27.1 Å². The number of unbranched alkanes of at least 4 members (excludes halogenated alkanes) is 4. The first-order chi connectivity index (χ1) is 12.7. The first kappa shape index (κ1) is 21.6. The van der Waals surface area contributed by atoms with Crippen molar-refractivity contribution in [2.75, 3.05) is 11.5 Å². The molecule has 2 aromatic rings. The molecule has 0 N–H and O–H groups in total. The predicted octanol–water partition coefficient (Wildman–Crippen LogP) is 6.48. The van der Waals surface area contributed by atoms with Crippen molar-refractivity contribution >= 4 is 35.0 Å². The predicted molar refractivity (Wildman–Crippen MR) is 113 cm³/mol. The van der Waals surface area contributed by atoms with Crippen LogP contribution in [0.1, 0.15) is 44.6 Å². The maximum atomic E-state index is 6.17. The SMILES string of the molecule is CCCCCCCSCC(Cn1ccnc1)OCc1ccc(Cl)c(Cl)c1. The van der Waals surface area contributed by atoms with Crippen molar-refractivity contribution in [1.29, 1.82) is 0 Å². The van der Waals surface area contributed by atoms with Crippen molar-refractivity contribution in [1.82, 2.24) is 9.55 Å². The first-order valence-electron chi connectivity index (χ1n) is 9.28. The number of halogens is 2. The average molecular weight is 415 g/mol. The van der Waals surface area contributed by atoms with Crippen LogP contribution in [-0.4, -0.2) is 27.2 Å². The number of rotatable bonds is 13. The van der Waals surface area contributed by atoms with E-state index < -0.39 is 0 Å². The Bertz CT molecular complexity index is 622. The zero-order valence-corrected chi connectivity index (χ0v) is 17.7. The number of nitrogens with zero attached hydrogens (tertiary/aromatic N) is 2. The average Bonchev–Trinajstić information content (AvgIpc) is 3.14. The van der Waals surface area contributed by atoms with Gasteiger partial charge >= 0.3 is 0 Å². The van der Waals surface area contributed by atoms with E-state index in [0.717, 1.165) is 17.9 Å². The minimum atomic E-state index is 0.138. The molecule has 0 amide bonds. The molecule has 0 aliphatic heterocycles. The largest absolute Gasteiger partial charge is 0.371 e. The Morgan fingerprint density at radius 2 is 2.00 bits per heavy atom. The number of imidazole rings is 1. The van der Waals surface area contributed by atoms with Gasteiger partial charge in [-0.3, -0.25) is 0 Å². The summed E-state index contributed by atoms with van der Waals surface area (Å²) in [5, 5.41) is 1.14. The summed E-state index contributed by atoms with van der Waals surface area (Å²) < 4.78 is 8.24. The van der Waals surface area contributed by atoms with Gasteiger partial charge in [-0.1, -0.05) is 61.9 Å². The standard InChI is InChI=1S/C20H28Cl2N2OS/c1-2-3-4-5-6-11-26-15-18(13-24-10-9-23-16-24)25-14-17-7-8-19(21)20(22)12-17/h7-10,12,16,18H,2-6,11,13-15H2,1H3. The monoisotopic (exact) mass is 414 g/mol. The Balaban J connectivity index is 1.78. The summed E-state index contributed by atoms with van der Waals surface area (Å²) in [5.41, 5.74) is 1.04. The molecule has 1 unspecified atom stereocenters. The highest BCUT2D eigenvalue weighted by Crippen LogP contribution is 2.23. The summed E-state index contributed by atoms with van der Waals surface area (Å²) in [6, 6.07) is 5.65. The van der Waals surface area contributed by atoms with E-state index in [-0.39, 0.29) is 6.10 Å². The molecule has 6 heteroatoms. The van der Waals surface area contributed by atoms with Gasteiger partial charge in [0.1, 0.15) is 0 Å². The quantitative estimate of drug-likeness (QED) is 0.351. The van der Waals surface area contributed by atoms with E-state index in [9.17, 15) is 0 Å². The van der Waals surface area contributed by atoms with Crippen LogP contribution in [0.3, 0.4) is 0 Å². The molecule has 0 saturated carbocycles. The third-order valence-electron chi connectivity index (χ3n) is 4.14. The van der Waals surface area contributed by atoms with E-state index in [0.29, 0.717) is 16.7 Å². The maximum Gasteiger partial charge on any atom is 0.0946 e. The normalized spacial score (nSPS) is 12.4. The van der Waals surface area contributed by atoms with E-state index in [1.807, 2.05) is 42.5 Å². The number of aromatic nitrogens is 2. The van der Waals surface area contributed by atoms with Gasteiger partial charge in [0.05, 0.1) is 35.6 Å². The minimum absolute atomic E-state index is 0.138. The van der Waals surface area contributed by atoms with Crippen LogP contribution in [-0.2, 0) is 17.9 Å². The van der Waals surface area contributed by atoms with Crippen LogP contribution in [0.5, 0.6) is 0 Å². The zero-order chi connectivity index (χ0) is 18.6. The number of ether oxygens (including phenoxy) is 1. The Kier molecular flexibility index (Phi) is 10.5. The number of hydrogen-bond acceptors (Lipinski definition) is 3. The molecule has 2 rings (SSSR count). The summed E-state index contributed by atoms with van der Waals surface area (Å²) in [5.74, 6) is 2.17. The zero-order valence-electron chi connectivity index (χ0n) is 15.4. The van der Waals surface area contributed by atoms with E-state index in [2.05, 4.69) is 16.5 Å². The van der Waals surface area contributed by atoms with Crippen LogP contribution < -0.4 is 0 Å². The molecule has 0 saturated heterocycles. The summed E-state index contributed by atoms with van der Waals surface area (Å²) in [6.07, 6.45) is 12.4. The third-order valence-corrected chi connectivity index (χ3v) is 6.06. The molecule has 144 valence electrons. The second-order valence-electron chi connectivity index (χ2n) is 6.43. The highest BCUT2D eigenvalue weighted by Gasteiger charge is 2.11. The Hall–Kier alpha value is -0.680. The maximum absolute atomic E-state index is 6.17. The van der Waals surface area contributed by atoms with Crippen LogP contribution >= 0.6 is 35.0 Å². The van der Waals surface area contributed by atoms with Crippen molar-refractivity contribution in [3.05, 3.63) is 52.5 Å². The van der Waals surface area contributed by atoms with E-state index in [4.69, 9.17) is 27.9 Å². The van der Waals surface area contributed by atoms with Crippen molar-refractivity contribution in [3.8, 4) is 0 Å². The fraction of sp³-hybridized carbons (Fsp3) is 0.550. The molecule has 0 aliphatic rings. The smallest absolute Gasteiger partial charge is 0.0946 e. The second-order valence-corrected chi connectivity index (χ2v) is 8.39. The lowest BCUT2D eigenvalue weighted by Crippen LogP contribution is -2.22. The fourth-order valence-electron chi connectivity index (χ4n) is 2.65. The molecule has 0 spiro atoms. The summed E-state index contributed by atoms with van der Waals surface area (Å²) in [6.45, 7) is 3.60. The van der Waals surface area contributed by atoms with Crippen LogP contribution in [0.2, 0.25) is 10.0 Å². The molecule has 1 atom stereocenters. The van der Waals surface area contributed by atoms with Gasteiger partial charge in [0, 0.05) is 18.1 Å². The summed E-state index contributed by atoms with van der Waals surface area (Å²) >= 11 is 14.1. The first-order valence-corrected chi connectivity index (χ1v) is 11.2. The number of benzene rings is 1. The fourth-order valence-corrected chi connectivity index (χ4v) is 4.01. The molecule has 26 heavy (non-hydrogen) atoms. The summed E-state index contributed by atoms with van der Waals surface area (Å²) in [7, 11) is 0. The molecule has 0 bridgehead atoms. The Morgan fingerprint density at radius 1 is 1.15 bits per heavy atom. The Labute approximate surface area is 171 Å². The van der Waals surface area contributed by atoms with Gasteiger partial charge in [-0.25, -0.2) is 4.98 Å². The van der Waals surface area contributed by atoms with Crippen molar-refractivity contribution < 1.29 is 4.74 Å². The van der Waals surface area contributed by atoms with Crippen molar-refractivity contribution in [2.24, 2.45) is 0 Å². The van der Waals surface area contributed by atoms with Crippen LogP contribution in [0, 0.1) is 0 Å². The van der Waals surface area contributed by atoms with Gasteiger partial charge in [0.15, 0.2) is 0 Å². The molecular formula is C20H28Cl2N2OS. The highest BCUT2D eigenvalue weighted by atomic mass is 35.5. The molecule has 1 aromatic carbocycles. The lowest BCUT2D eigenvalue weighted by molar-refractivity contribution is 0.0450. The van der Waals surface area contributed by atoms with Gasteiger partial charge in [0.25, 0.3) is 0 Å². The van der Waals surface area contributed by atoms with E-state index >= 15 is 0 Å². The van der Waals surface area contributed by atoms with Gasteiger partial charge in [0.2, 0.25) is 0 Å². The third kappa shape index (κ3) is 8.34. The molecule has 0 fully saturated rings. The molecule has 1 aromatic heterocycles. The van der Waals surface area contributed by atoms with Crippen LogP contribution in [0.15, 0.2) is 36.9 Å². The molecule has 3 nitrogen and oxygen atoms in total. The lowest BCUT2D eigenvalue weighted by Gasteiger charge is -2.18. The van der Waals surface area contributed by atoms with Crippen LogP contribution in [0.25, 0.3) is 0 Å². The molecule has 1 heterocycles.